The van der Waals surface area contributed by atoms with Gasteiger partial charge < -0.3 is 10.1 Å². The molecular formula is C21H15BrN2O4. The number of benzene rings is 3. The number of carbonyl (C=O) groups excluding carboxylic acids is 3. The number of rotatable bonds is 4. The minimum atomic E-state index is -0.379. The molecule has 0 unspecified atom stereocenters. The van der Waals surface area contributed by atoms with Crippen molar-refractivity contribution >= 4 is 50.1 Å². The van der Waals surface area contributed by atoms with Crippen LogP contribution in [0.25, 0.3) is 10.8 Å². The Kier molecular flexibility index (Phi) is 4.60. The molecule has 0 saturated heterocycles. The highest BCUT2D eigenvalue weighted by atomic mass is 79.9. The molecular weight excluding hydrogens is 424 g/mol. The molecule has 0 fully saturated rings. The standard InChI is InChI=1S/C21H15BrN2O4/c1-24-20(26)17-7-5-15(10-18(17)21(24)27)23-19(25)11-28-16-6-3-12-8-14(22)4-2-13(12)9-16/h2-10H,11H2,1H3,(H,23,25). The van der Waals surface area contributed by atoms with E-state index in [0.717, 1.165) is 20.1 Å². The molecule has 0 aliphatic carbocycles. The van der Waals surface area contributed by atoms with Crippen LogP contribution in [0, 0.1) is 0 Å². The zero-order chi connectivity index (χ0) is 19.8. The molecule has 3 aromatic carbocycles. The first kappa shape index (κ1) is 18.2. The van der Waals surface area contributed by atoms with E-state index in [9.17, 15) is 14.4 Å². The van der Waals surface area contributed by atoms with Crippen LogP contribution < -0.4 is 10.1 Å². The van der Waals surface area contributed by atoms with Gasteiger partial charge in [0.2, 0.25) is 0 Å². The summed E-state index contributed by atoms with van der Waals surface area (Å²) in [6.07, 6.45) is 0. The van der Waals surface area contributed by atoms with Crippen molar-refractivity contribution in [3.63, 3.8) is 0 Å². The van der Waals surface area contributed by atoms with Gasteiger partial charge in [0, 0.05) is 17.2 Å². The minimum Gasteiger partial charge on any atom is -0.484 e. The predicted octanol–water partition coefficient (Wildman–Crippen LogP) is 3.85. The van der Waals surface area contributed by atoms with E-state index < -0.39 is 0 Å². The molecule has 1 aliphatic rings. The molecule has 28 heavy (non-hydrogen) atoms. The van der Waals surface area contributed by atoms with Crippen LogP contribution in [0.3, 0.4) is 0 Å². The van der Waals surface area contributed by atoms with Crippen molar-refractivity contribution in [3.05, 3.63) is 70.2 Å². The van der Waals surface area contributed by atoms with Crippen molar-refractivity contribution < 1.29 is 19.1 Å². The molecule has 0 radical (unpaired) electrons. The van der Waals surface area contributed by atoms with Crippen molar-refractivity contribution in [1.82, 2.24) is 4.90 Å². The van der Waals surface area contributed by atoms with Gasteiger partial charge >= 0.3 is 0 Å². The molecule has 0 saturated carbocycles. The van der Waals surface area contributed by atoms with E-state index in [1.807, 2.05) is 30.3 Å². The summed E-state index contributed by atoms with van der Waals surface area (Å²) in [5.41, 5.74) is 1.06. The van der Waals surface area contributed by atoms with Crippen LogP contribution in [0.4, 0.5) is 5.69 Å². The number of amides is 3. The summed E-state index contributed by atoms with van der Waals surface area (Å²) in [6.45, 7) is -0.175. The van der Waals surface area contributed by atoms with Crippen molar-refractivity contribution in [2.45, 2.75) is 0 Å². The van der Waals surface area contributed by atoms with Crippen molar-refractivity contribution in [3.8, 4) is 5.75 Å². The van der Waals surface area contributed by atoms with Crippen LogP contribution in [0.15, 0.2) is 59.1 Å². The largest absolute Gasteiger partial charge is 0.484 e. The van der Waals surface area contributed by atoms with E-state index in [4.69, 9.17) is 4.74 Å². The number of fused-ring (bicyclic) bond motifs is 2. The van der Waals surface area contributed by atoms with E-state index in [2.05, 4.69) is 21.2 Å². The van der Waals surface area contributed by atoms with Gasteiger partial charge in [0.25, 0.3) is 17.7 Å². The number of nitrogens with zero attached hydrogens (tertiary/aromatic N) is 1. The Balaban J connectivity index is 1.42. The zero-order valence-corrected chi connectivity index (χ0v) is 16.4. The molecule has 0 bridgehead atoms. The van der Waals surface area contributed by atoms with Crippen LogP contribution in [0.1, 0.15) is 20.7 Å². The fourth-order valence-corrected chi connectivity index (χ4v) is 3.45. The Morgan fingerprint density at radius 3 is 2.50 bits per heavy atom. The van der Waals surface area contributed by atoms with Crippen LogP contribution in [0.2, 0.25) is 0 Å². The number of carbonyl (C=O) groups is 3. The van der Waals surface area contributed by atoms with E-state index in [1.165, 1.54) is 19.2 Å². The molecule has 6 nitrogen and oxygen atoms in total. The van der Waals surface area contributed by atoms with Gasteiger partial charge in [-0.1, -0.05) is 28.1 Å². The van der Waals surface area contributed by atoms with Gasteiger partial charge in [-0.05, 0) is 53.2 Å². The molecule has 3 amide bonds. The monoisotopic (exact) mass is 438 g/mol. The lowest BCUT2D eigenvalue weighted by Crippen LogP contribution is -2.24. The first-order chi connectivity index (χ1) is 13.4. The third-order valence-corrected chi connectivity index (χ3v) is 5.01. The number of ether oxygens (including phenoxy) is 1. The first-order valence-electron chi connectivity index (χ1n) is 8.51. The fraction of sp³-hybridized carbons (Fsp3) is 0.0952. The lowest BCUT2D eigenvalue weighted by atomic mass is 10.1. The quantitative estimate of drug-likeness (QED) is 0.627. The van der Waals surface area contributed by atoms with Gasteiger partial charge in [-0.25, -0.2) is 0 Å². The Hall–Kier alpha value is -3.19. The fourth-order valence-electron chi connectivity index (χ4n) is 3.07. The molecule has 0 aromatic heterocycles. The molecule has 1 aliphatic heterocycles. The maximum absolute atomic E-state index is 12.2. The Morgan fingerprint density at radius 1 is 0.964 bits per heavy atom. The van der Waals surface area contributed by atoms with Crippen LogP contribution >= 0.6 is 15.9 Å². The van der Waals surface area contributed by atoms with E-state index in [-0.39, 0.29) is 29.9 Å². The van der Waals surface area contributed by atoms with Crippen LogP contribution in [0.5, 0.6) is 5.75 Å². The van der Waals surface area contributed by atoms with Crippen LogP contribution in [-0.4, -0.2) is 36.3 Å². The highest BCUT2D eigenvalue weighted by Gasteiger charge is 2.32. The SMILES string of the molecule is CN1C(=O)c2ccc(NC(=O)COc3ccc4cc(Br)ccc4c3)cc2C1=O. The summed E-state index contributed by atoms with van der Waals surface area (Å²) in [4.78, 5) is 37.2. The normalized spacial score (nSPS) is 13.0. The average molecular weight is 439 g/mol. The highest BCUT2D eigenvalue weighted by Crippen LogP contribution is 2.26. The number of hydrogen-bond donors (Lipinski definition) is 1. The summed E-state index contributed by atoms with van der Waals surface area (Å²) < 4.78 is 6.57. The van der Waals surface area contributed by atoms with Gasteiger partial charge in [0.15, 0.2) is 6.61 Å². The van der Waals surface area contributed by atoms with Crippen molar-refractivity contribution in [2.24, 2.45) is 0 Å². The summed E-state index contributed by atoms with van der Waals surface area (Å²) >= 11 is 3.43. The summed E-state index contributed by atoms with van der Waals surface area (Å²) in [5.74, 6) is -0.498. The maximum atomic E-state index is 12.2. The number of imide groups is 1. The predicted molar refractivity (Wildman–Crippen MR) is 109 cm³/mol. The highest BCUT2D eigenvalue weighted by molar-refractivity contribution is 9.10. The molecule has 1 heterocycles. The summed E-state index contributed by atoms with van der Waals surface area (Å²) in [6, 6.07) is 16.1. The molecule has 1 N–H and O–H groups in total. The topological polar surface area (TPSA) is 75.7 Å². The number of anilines is 1. The Labute approximate surface area is 169 Å². The van der Waals surface area contributed by atoms with Gasteiger partial charge in [0.05, 0.1) is 11.1 Å². The van der Waals surface area contributed by atoms with E-state index >= 15 is 0 Å². The second kappa shape index (κ2) is 7.09. The average Bonchev–Trinajstić information content (AvgIpc) is 2.90. The van der Waals surface area contributed by atoms with E-state index in [1.54, 1.807) is 12.1 Å². The Morgan fingerprint density at radius 2 is 1.68 bits per heavy atom. The molecule has 0 atom stereocenters. The second-order valence-corrected chi connectivity index (χ2v) is 7.34. The lowest BCUT2D eigenvalue weighted by molar-refractivity contribution is -0.118. The minimum absolute atomic E-state index is 0.175. The summed E-state index contributed by atoms with van der Waals surface area (Å²) in [7, 11) is 1.43. The zero-order valence-electron chi connectivity index (χ0n) is 14.9. The molecule has 7 heteroatoms. The number of nitrogens with one attached hydrogen (secondary N) is 1. The second-order valence-electron chi connectivity index (χ2n) is 6.42. The number of hydrogen-bond acceptors (Lipinski definition) is 4. The number of halogens is 1. The first-order valence-corrected chi connectivity index (χ1v) is 9.30. The third-order valence-electron chi connectivity index (χ3n) is 4.52. The smallest absolute Gasteiger partial charge is 0.262 e. The van der Waals surface area contributed by atoms with Crippen molar-refractivity contribution in [2.75, 3.05) is 19.0 Å². The molecule has 0 spiro atoms. The van der Waals surface area contributed by atoms with Crippen LogP contribution in [-0.2, 0) is 4.79 Å². The maximum Gasteiger partial charge on any atom is 0.262 e. The van der Waals surface area contributed by atoms with E-state index in [0.29, 0.717) is 17.0 Å². The van der Waals surface area contributed by atoms with Gasteiger partial charge in [-0.2, -0.15) is 0 Å². The molecule has 3 aromatic rings. The lowest BCUT2D eigenvalue weighted by Gasteiger charge is -2.09. The summed E-state index contributed by atoms with van der Waals surface area (Å²) in [5, 5.41) is 4.75. The Bertz CT molecular complexity index is 1140. The molecule has 4 rings (SSSR count). The van der Waals surface area contributed by atoms with Gasteiger partial charge in [-0.15, -0.1) is 0 Å². The van der Waals surface area contributed by atoms with Crippen molar-refractivity contribution in [1.29, 1.82) is 0 Å². The van der Waals surface area contributed by atoms with Gasteiger partial charge in [0.1, 0.15) is 5.75 Å². The van der Waals surface area contributed by atoms with Gasteiger partial charge in [-0.3, -0.25) is 19.3 Å². The third kappa shape index (κ3) is 3.36. The molecule has 140 valence electrons.